The Kier molecular flexibility index (Phi) is 5.74. The third kappa shape index (κ3) is 4.69. The summed E-state index contributed by atoms with van der Waals surface area (Å²) in [6, 6.07) is 17.3. The van der Waals surface area contributed by atoms with Gasteiger partial charge < -0.3 is 10.5 Å². The van der Waals surface area contributed by atoms with Crippen molar-refractivity contribution in [1.82, 2.24) is 0 Å². The number of primary amides is 1. The second-order valence-corrected chi connectivity index (χ2v) is 6.35. The maximum absolute atomic E-state index is 12.5. The summed E-state index contributed by atoms with van der Waals surface area (Å²) in [4.78, 5) is 23.3. The van der Waals surface area contributed by atoms with Gasteiger partial charge in [0.15, 0.2) is 0 Å². The van der Waals surface area contributed by atoms with Crippen molar-refractivity contribution < 1.29 is 14.3 Å². The standard InChI is InChI=1S/C20H23NO3/c1-20(2,19(23)24-14-16-6-4-3-5-7-16)17-11-8-15(9-12-17)10-13-18(21)22/h3-9,11-12H,10,13-14H2,1-2H3,(H2,21,22). The van der Waals surface area contributed by atoms with Crippen LogP contribution in [0, 0.1) is 0 Å². The molecule has 126 valence electrons. The molecule has 1 amide bonds. The minimum atomic E-state index is -0.739. The van der Waals surface area contributed by atoms with Gasteiger partial charge in [0.2, 0.25) is 5.91 Å². The molecule has 0 spiro atoms. The maximum Gasteiger partial charge on any atom is 0.316 e. The summed E-state index contributed by atoms with van der Waals surface area (Å²) in [6.07, 6.45) is 0.927. The van der Waals surface area contributed by atoms with Crippen molar-refractivity contribution in [2.75, 3.05) is 0 Å². The molecule has 0 aliphatic rings. The summed E-state index contributed by atoms with van der Waals surface area (Å²) in [5.41, 5.74) is 7.28. The largest absolute Gasteiger partial charge is 0.460 e. The molecule has 2 aromatic carbocycles. The number of carbonyl (C=O) groups excluding carboxylic acids is 2. The Morgan fingerprint density at radius 1 is 0.958 bits per heavy atom. The molecule has 0 heterocycles. The van der Waals surface area contributed by atoms with Gasteiger partial charge in [0.25, 0.3) is 0 Å². The fourth-order valence-electron chi connectivity index (χ4n) is 2.38. The van der Waals surface area contributed by atoms with Crippen LogP contribution in [-0.4, -0.2) is 11.9 Å². The monoisotopic (exact) mass is 325 g/mol. The molecular formula is C20H23NO3. The molecule has 2 N–H and O–H groups in total. The van der Waals surface area contributed by atoms with Gasteiger partial charge in [0.05, 0.1) is 5.41 Å². The highest BCUT2D eigenvalue weighted by atomic mass is 16.5. The van der Waals surface area contributed by atoms with E-state index in [1.165, 1.54) is 0 Å². The number of nitrogens with two attached hydrogens (primary N) is 1. The first-order chi connectivity index (χ1) is 11.4. The Hall–Kier alpha value is -2.62. The van der Waals surface area contributed by atoms with E-state index in [9.17, 15) is 9.59 Å². The lowest BCUT2D eigenvalue weighted by atomic mass is 9.84. The van der Waals surface area contributed by atoms with E-state index in [1.807, 2.05) is 68.4 Å². The average Bonchev–Trinajstić information content (AvgIpc) is 2.59. The summed E-state index contributed by atoms with van der Waals surface area (Å²) >= 11 is 0. The van der Waals surface area contributed by atoms with Crippen molar-refractivity contribution in [2.45, 2.75) is 38.7 Å². The zero-order chi connectivity index (χ0) is 17.6. The van der Waals surface area contributed by atoms with E-state index in [4.69, 9.17) is 10.5 Å². The van der Waals surface area contributed by atoms with Crippen LogP contribution in [0.15, 0.2) is 54.6 Å². The minimum Gasteiger partial charge on any atom is -0.460 e. The first-order valence-electron chi connectivity index (χ1n) is 7.98. The Morgan fingerprint density at radius 3 is 2.17 bits per heavy atom. The summed E-state index contributed by atoms with van der Waals surface area (Å²) in [6.45, 7) is 3.96. The number of amides is 1. The van der Waals surface area contributed by atoms with E-state index in [0.717, 1.165) is 16.7 Å². The van der Waals surface area contributed by atoms with Gasteiger partial charge in [-0.3, -0.25) is 9.59 Å². The molecule has 24 heavy (non-hydrogen) atoms. The Morgan fingerprint density at radius 2 is 1.58 bits per heavy atom. The first-order valence-corrected chi connectivity index (χ1v) is 7.98. The van der Waals surface area contributed by atoms with E-state index < -0.39 is 5.41 Å². The molecular weight excluding hydrogens is 302 g/mol. The molecule has 4 heteroatoms. The number of rotatable bonds is 7. The van der Waals surface area contributed by atoms with Crippen molar-refractivity contribution in [3.05, 3.63) is 71.3 Å². The van der Waals surface area contributed by atoms with Crippen LogP contribution in [0.25, 0.3) is 0 Å². The molecule has 2 rings (SSSR count). The van der Waals surface area contributed by atoms with Crippen LogP contribution >= 0.6 is 0 Å². The molecule has 0 radical (unpaired) electrons. The van der Waals surface area contributed by atoms with Crippen molar-refractivity contribution in [1.29, 1.82) is 0 Å². The van der Waals surface area contributed by atoms with E-state index >= 15 is 0 Å². The lowest BCUT2D eigenvalue weighted by Crippen LogP contribution is -2.31. The van der Waals surface area contributed by atoms with Crippen LogP contribution in [0.4, 0.5) is 0 Å². The molecule has 0 aliphatic carbocycles. The van der Waals surface area contributed by atoms with Crippen molar-refractivity contribution in [2.24, 2.45) is 5.73 Å². The normalized spacial score (nSPS) is 11.1. The van der Waals surface area contributed by atoms with Crippen molar-refractivity contribution >= 4 is 11.9 Å². The van der Waals surface area contributed by atoms with Crippen LogP contribution < -0.4 is 5.73 Å². The van der Waals surface area contributed by atoms with Crippen LogP contribution in [-0.2, 0) is 32.8 Å². The fraction of sp³-hybridized carbons (Fsp3) is 0.300. The highest BCUT2D eigenvalue weighted by molar-refractivity contribution is 5.82. The predicted molar refractivity (Wildman–Crippen MR) is 93.2 cm³/mol. The first kappa shape index (κ1) is 17.7. The second-order valence-electron chi connectivity index (χ2n) is 6.35. The molecule has 0 aromatic heterocycles. The van der Waals surface area contributed by atoms with Crippen LogP contribution in [0.5, 0.6) is 0 Å². The zero-order valence-corrected chi connectivity index (χ0v) is 14.1. The molecule has 4 nitrogen and oxygen atoms in total. The van der Waals surface area contributed by atoms with Crippen LogP contribution in [0.3, 0.4) is 0 Å². The van der Waals surface area contributed by atoms with Gasteiger partial charge in [0, 0.05) is 6.42 Å². The number of benzene rings is 2. The predicted octanol–water partition coefficient (Wildman–Crippen LogP) is 3.13. The highest BCUT2D eigenvalue weighted by Crippen LogP contribution is 2.26. The van der Waals surface area contributed by atoms with Crippen molar-refractivity contribution in [3.63, 3.8) is 0 Å². The topological polar surface area (TPSA) is 69.4 Å². The third-order valence-corrected chi connectivity index (χ3v) is 4.06. The Bertz CT molecular complexity index is 691. The average molecular weight is 325 g/mol. The molecule has 0 atom stereocenters. The van der Waals surface area contributed by atoms with E-state index in [-0.39, 0.29) is 18.5 Å². The quantitative estimate of drug-likeness (QED) is 0.795. The number of ether oxygens (including phenoxy) is 1. The summed E-state index contributed by atoms with van der Waals surface area (Å²) in [7, 11) is 0. The van der Waals surface area contributed by atoms with E-state index in [2.05, 4.69) is 0 Å². The second kappa shape index (κ2) is 7.77. The summed E-state index contributed by atoms with van der Waals surface area (Å²) in [5.74, 6) is -0.583. The molecule has 0 bridgehead atoms. The molecule has 0 saturated carbocycles. The molecule has 0 fully saturated rings. The Balaban J connectivity index is 2.00. The number of esters is 1. The van der Waals surface area contributed by atoms with Crippen LogP contribution in [0.1, 0.15) is 37.0 Å². The zero-order valence-electron chi connectivity index (χ0n) is 14.1. The molecule has 0 aliphatic heterocycles. The van der Waals surface area contributed by atoms with Crippen molar-refractivity contribution in [3.8, 4) is 0 Å². The maximum atomic E-state index is 12.5. The molecule has 2 aromatic rings. The molecule has 0 unspecified atom stereocenters. The van der Waals surface area contributed by atoms with Crippen LogP contribution in [0.2, 0.25) is 0 Å². The number of carbonyl (C=O) groups is 2. The van der Waals surface area contributed by atoms with Gasteiger partial charge in [-0.25, -0.2) is 0 Å². The van der Waals surface area contributed by atoms with E-state index in [0.29, 0.717) is 12.8 Å². The molecule has 0 saturated heterocycles. The number of aryl methyl sites for hydroxylation is 1. The highest BCUT2D eigenvalue weighted by Gasteiger charge is 2.31. The number of hydrogen-bond acceptors (Lipinski definition) is 3. The van der Waals surface area contributed by atoms with Gasteiger partial charge in [-0.1, -0.05) is 54.6 Å². The minimum absolute atomic E-state index is 0.264. The van der Waals surface area contributed by atoms with Gasteiger partial charge >= 0.3 is 5.97 Å². The lowest BCUT2D eigenvalue weighted by molar-refractivity contribution is -0.150. The smallest absolute Gasteiger partial charge is 0.316 e. The number of hydrogen-bond donors (Lipinski definition) is 1. The summed E-state index contributed by atoms with van der Waals surface area (Å²) in [5, 5.41) is 0. The van der Waals surface area contributed by atoms with Gasteiger partial charge in [-0.2, -0.15) is 0 Å². The third-order valence-electron chi connectivity index (χ3n) is 4.06. The van der Waals surface area contributed by atoms with Gasteiger partial charge in [-0.15, -0.1) is 0 Å². The van der Waals surface area contributed by atoms with Gasteiger partial charge in [0.1, 0.15) is 6.61 Å². The van der Waals surface area contributed by atoms with Gasteiger partial charge in [-0.05, 0) is 37.0 Å². The fourth-order valence-corrected chi connectivity index (χ4v) is 2.38. The SMILES string of the molecule is CC(C)(C(=O)OCc1ccccc1)c1ccc(CCC(N)=O)cc1. The lowest BCUT2D eigenvalue weighted by Gasteiger charge is -2.23. The summed E-state index contributed by atoms with van der Waals surface area (Å²) < 4.78 is 5.46. The Labute approximate surface area is 142 Å². The van der Waals surface area contributed by atoms with E-state index in [1.54, 1.807) is 0 Å².